The Morgan fingerprint density at radius 2 is 1.85 bits per heavy atom. The Balaban J connectivity index is 1.74. The monoisotopic (exact) mass is 472 g/mol. The van der Waals surface area contributed by atoms with Gasteiger partial charge in [0.25, 0.3) is 21.5 Å². The Kier molecular flexibility index (Phi) is 5.46. The number of benzene rings is 2. The van der Waals surface area contributed by atoms with E-state index in [0.29, 0.717) is 11.4 Å². The quantitative estimate of drug-likeness (QED) is 0.547. The van der Waals surface area contributed by atoms with Crippen molar-refractivity contribution in [3.63, 3.8) is 0 Å². The number of anilines is 2. The van der Waals surface area contributed by atoms with Crippen LogP contribution in [-0.2, 0) is 26.7 Å². The summed E-state index contributed by atoms with van der Waals surface area (Å²) in [5, 5.41) is 9.11. The van der Waals surface area contributed by atoms with Gasteiger partial charge in [0, 0.05) is 7.05 Å². The van der Waals surface area contributed by atoms with E-state index in [1.54, 1.807) is 44.3 Å². The molecule has 0 unspecified atom stereocenters. The Labute approximate surface area is 188 Å². The molecule has 4 rings (SSSR count). The fourth-order valence-electron chi connectivity index (χ4n) is 3.54. The third-order valence-corrected chi connectivity index (χ3v) is 6.62. The fraction of sp³-hybridized carbons (Fsp3) is 0.190. The first-order valence-corrected chi connectivity index (χ1v) is 11.2. The summed E-state index contributed by atoms with van der Waals surface area (Å²) in [5.74, 6) is -1.70. The van der Waals surface area contributed by atoms with E-state index in [4.69, 9.17) is 9.84 Å². The molecule has 2 heterocycles. The third kappa shape index (κ3) is 3.96. The molecule has 33 heavy (non-hydrogen) atoms. The molecular weight excluding hydrogens is 452 g/mol. The van der Waals surface area contributed by atoms with Gasteiger partial charge < -0.3 is 9.84 Å². The first-order valence-electron chi connectivity index (χ1n) is 9.76. The van der Waals surface area contributed by atoms with Crippen molar-refractivity contribution in [2.45, 2.75) is 11.8 Å². The van der Waals surface area contributed by atoms with Crippen LogP contribution in [0.15, 0.2) is 58.2 Å². The van der Waals surface area contributed by atoms with E-state index in [-0.39, 0.29) is 28.6 Å². The van der Waals surface area contributed by atoms with Gasteiger partial charge >= 0.3 is 5.97 Å². The second-order valence-corrected chi connectivity index (χ2v) is 9.02. The van der Waals surface area contributed by atoms with Gasteiger partial charge in [-0.05, 0) is 37.3 Å². The average molecular weight is 472 g/mol. The van der Waals surface area contributed by atoms with Gasteiger partial charge in [-0.1, -0.05) is 18.2 Å². The summed E-state index contributed by atoms with van der Waals surface area (Å²) in [6, 6.07) is 12.5. The first kappa shape index (κ1) is 22.1. The Morgan fingerprint density at radius 1 is 1.15 bits per heavy atom. The molecular formula is C21H20N4O7S. The standard InChI is InChI=1S/C21H20N4O7S/c1-13-20(21(29)25(23(13)2)14-6-4-3-5-7-14)22-33(30,31)15-8-9-17-16(10-15)24(11-19(27)28)18(26)12-32-17/h3-10,22H,11-12H2,1-2H3,(H,27,28). The number of hydrogen-bond acceptors (Lipinski definition) is 6. The second-order valence-electron chi connectivity index (χ2n) is 7.33. The molecule has 0 spiro atoms. The van der Waals surface area contributed by atoms with Crippen molar-refractivity contribution < 1.29 is 27.9 Å². The fourth-order valence-corrected chi connectivity index (χ4v) is 4.67. The number of sulfonamides is 1. The molecule has 0 fully saturated rings. The molecule has 11 nitrogen and oxygen atoms in total. The zero-order chi connectivity index (χ0) is 23.9. The number of carboxylic acids is 1. The molecule has 12 heteroatoms. The Bertz CT molecular complexity index is 1420. The highest BCUT2D eigenvalue weighted by atomic mass is 32.2. The van der Waals surface area contributed by atoms with Crippen molar-refractivity contribution in [1.29, 1.82) is 0 Å². The number of carbonyl (C=O) groups is 2. The number of hydrogen-bond donors (Lipinski definition) is 2. The normalized spacial score (nSPS) is 13.4. The van der Waals surface area contributed by atoms with E-state index in [1.165, 1.54) is 21.5 Å². The van der Waals surface area contributed by atoms with E-state index in [2.05, 4.69) is 4.72 Å². The lowest BCUT2D eigenvalue weighted by Crippen LogP contribution is -2.42. The van der Waals surface area contributed by atoms with Crippen LogP contribution in [0.3, 0.4) is 0 Å². The summed E-state index contributed by atoms with van der Waals surface area (Å²) in [6.07, 6.45) is 0. The Morgan fingerprint density at radius 3 is 2.52 bits per heavy atom. The minimum atomic E-state index is -4.26. The molecule has 1 aromatic heterocycles. The van der Waals surface area contributed by atoms with Crippen LogP contribution in [0.2, 0.25) is 0 Å². The van der Waals surface area contributed by atoms with Crippen molar-refractivity contribution in [3.8, 4) is 11.4 Å². The van der Waals surface area contributed by atoms with Gasteiger partial charge in [-0.15, -0.1) is 0 Å². The molecule has 172 valence electrons. The lowest BCUT2D eigenvalue weighted by Gasteiger charge is -2.28. The van der Waals surface area contributed by atoms with Gasteiger partial charge in [-0.3, -0.25) is 28.7 Å². The number of carbonyl (C=O) groups excluding carboxylic acids is 1. The highest BCUT2D eigenvalue weighted by Crippen LogP contribution is 2.34. The van der Waals surface area contributed by atoms with Crippen LogP contribution < -0.4 is 19.9 Å². The molecule has 1 aliphatic rings. The molecule has 0 saturated carbocycles. The van der Waals surface area contributed by atoms with Crippen molar-refractivity contribution in [2.24, 2.45) is 7.05 Å². The van der Waals surface area contributed by atoms with Gasteiger partial charge in [0.15, 0.2) is 6.61 Å². The third-order valence-electron chi connectivity index (χ3n) is 5.27. The van der Waals surface area contributed by atoms with E-state index in [9.17, 15) is 22.8 Å². The van der Waals surface area contributed by atoms with Crippen LogP contribution in [-0.4, -0.2) is 47.9 Å². The van der Waals surface area contributed by atoms with E-state index in [0.717, 1.165) is 11.0 Å². The maximum Gasteiger partial charge on any atom is 0.323 e. The number of aromatic nitrogens is 2. The molecule has 0 saturated heterocycles. The smallest absolute Gasteiger partial charge is 0.323 e. The number of carboxylic acid groups (broad SMARTS) is 1. The lowest BCUT2D eigenvalue weighted by molar-refractivity contribution is -0.137. The molecule has 3 aromatic rings. The van der Waals surface area contributed by atoms with Crippen molar-refractivity contribution in [2.75, 3.05) is 22.8 Å². The lowest BCUT2D eigenvalue weighted by atomic mass is 10.2. The SMILES string of the molecule is Cc1c(NS(=O)(=O)c2ccc3c(c2)N(CC(=O)O)C(=O)CO3)c(=O)n(-c2ccccc2)n1C. The maximum absolute atomic E-state index is 13.1. The first-order chi connectivity index (χ1) is 15.6. The highest BCUT2D eigenvalue weighted by Gasteiger charge is 2.30. The predicted molar refractivity (Wildman–Crippen MR) is 118 cm³/mol. The van der Waals surface area contributed by atoms with Gasteiger partial charge in [-0.2, -0.15) is 0 Å². The number of nitrogens with one attached hydrogen (secondary N) is 1. The number of aliphatic carboxylic acids is 1. The van der Waals surface area contributed by atoms with E-state index < -0.39 is 34.0 Å². The largest absolute Gasteiger partial charge is 0.482 e. The van der Waals surface area contributed by atoms with Crippen molar-refractivity contribution in [3.05, 3.63) is 64.6 Å². The molecule has 0 atom stereocenters. The summed E-state index contributed by atoms with van der Waals surface area (Å²) in [7, 11) is -2.63. The number of ether oxygens (including phenoxy) is 1. The molecule has 0 radical (unpaired) electrons. The van der Waals surface area contributed by atoms with Crippen molar-refractivity contribution >= 4 is 33.3 Å². The highest BCUT2D eigenvalue weighted by molar-refractivity contribution is 7.92. The zero-order valence-corrected chi connectivity index (χ0v) is 18.5. The average Bonchev–Trinajstić information content (AvgIpc) is 2.98. The number of para-hydroxylation sites is 1. The topological polar surface area (TPSA) is 140 Å². The summed E-state index contributed by atoms with van der Waals surface area (Å²) < 4.78 is 36.7. The van der Waals surface area contributed by atoms with Crippen LogP contribution in [0, 0.1) is 6.92 Å². The number of rotatable bonds is 6. The van der Waals surface area contributed by atoms with Crippen LogP contribution >= 0.6 is 0 Å². The molecule has 1 aliphatic heterocycles. The van der Waals surface area contributed by atoms with Crippen LogP contribution in [0.1, 0.15) is 5.69 Å². The summed E-state index contributed by atoms with van der Waals surface area (Å²) in [6.45, 7) is 0.602. The maximum atomic E-state index is 13.1. The minimum Gasteiger partial charge on any atom is -0.482 e. The van der Waals surface area contributed by atoms with Crippen LogP contribution in [0.4, 0.5) is 11.4 Å². The second kappa shape index (κ2) is 8.13. The number of fused-ring (bicyclic) bond motifs is 1. The van der Waals surface area contributed by atoms with Gasteiger partial charge in [0.1, 0.15) is 18.0 Å². The Hall–Kier alpha value is -4.06. The van der Waals surface area contributed by atoms with Gasteiger partial charge in [0.2, 0.25) is 0 Å². The molecule has 2 N–H and O–H groups in total. The zero-order valence-electron chi connectivity index (χ0n) is 17.7. The van der Waals surface area contributed by atoms with Gasteiger partial charge in [0.05, 0.1) is 22.0 Å². The predicted octanol–water partition coefficient (Wildman–Crippen LogP) is 1.10. The van der Waals surface area contributed by atoms with E-state index >= 15 is 0 Å². The molecule has 2 aromatic carbocycles. The number of nitrogens with zero attached hydrogens (tertiary/aromatic N) is 3. The number of amides is 1. The molecule has 0 bridgehead atoms. The summed E-state index contributed by atoms with van der Waals surface area (Å²) >= 11 is 0. The minimum absolute atomic E-state index is 0.0167. The molecule has 0 aliphatic carbocycles. The molecule has 1 amide bonds. The summed E-state index contributed by atoms with van der Waals surface area (Å²) in [5.41, 5.74) is 0.272. The van der Waals surface area contributed by atoms with Crippen LogP contribution in [0.5, 0.6) is 5.75 Å². The van der Waals surface area contributed by atoms with Gasteiger partial charge in [-0.25, -0.2) is 13.1 Å². The van der Waals surface area contributed by atoms with Crippen LogP contribution in [0.25, 0.3) is 5.69 Å². The van der Waals surface area contributed by atoms with E-state index in [1.807, 2.05) is 0 Å². The van der Waals surface area contributed by atoms with Crippen molar-refractivity contribution in [1.82, 2.24) is 9.36 Å². The summed E-state index contributed by atoms with van der Waals surface area (Å²) in [4.78, 5) is 37.0.